The highest BCUT2D eigenvalue weighted by Crippen LogP contribution is 2.20. The maximum Gasteiger partial charge on any atom is 0.286 e. The zero-order valence-corrected chi connectivity index (χ0v) is 13.7. The third kappa shape index (κ3) is 3.64. The van der Waals surface area contributed by atoms with Crippen LogP contribution >= 0.6 is 0 Å². The van der Waals surface area contributed by atoms with Gasteiger partial charge >= 0.3 is 0 Å². The first-order valence-electron chi connectivity index (χ1n) is 8.21. The Hall–Kier alpha value is -1.36. The fourth-order valence-corrected chi connectivity index (χ4v) is 3.14. The lowest BCUT2D eigenvalue weighted by molar-refractivity contribution is 0.0365. The van der Waals surface area contributed by atoms with Crippen molar-refractivity contribution in [3.63, 3.8) is 0 Å². The Bertz CT molecular complexity index is 457. The Labute approximate surface area is 127 Å². The molecule has 1 aromatic rings. The van der Waals surface area contributed by atoms with Gasteiger partial charge in [-0.2, -0.15) is 5.10 Å². The summed E-state index contributed by atoms with van der Waals surface area (Å²) >= 11 is 0. The van der Waals surface area contributed by atoms with Crippen molar-refractivity contribution in [1.29, 1.82) is 0 Å². The highest BCUT2D eigenvalue weighted by atomic mass is 16.2. The molecule has 1 fully saturated rings. The summed E-state index contributed by atoms with van der Waals surface area (Å²) in [5.41, 5.74) is 3.55. The summed E-state index contributed by atoms with van der Waals surface area (Å²) in [6, 6.07) is 2.96. The normalized spacial score (nSPS) is 23.5. The average Bonchev–Trinajstić information content (AvgIpc) is 2.94. The van der Waals surface area contributed by atoms with Gasteiger partial charge in [-0.3, -0.25) is 14.9 Å². The molecule has 5 heteroatoms. The van der Waals surface area contributed by atoms with E-state index in [1.165, 1.54) is 6.42 Å². The number of rotatable bonds is 5. The fraction of sp³-hybridized carbons (Fsp3) is 0.750. The Morgan fingerprint density at radius 3 is 2.52 bits per heavy atom. The number of hydrogen-bond acceptors (Lipinski definition) is 3. The van der Waals surface area contributed by atoms with Crippen LogP contribution in [0.1, 0.15) is 76.3 Å². The van der Waals surface area contributed by atoms with Gasteiger partial charge in [-0.1, -0.05) is 20.3 Å². The third-order valence-corrected chi connectivity index (χ3v) is 4.58. The Morgan fingerprint density at radius 1 is 1.33 bits per heavy atom. The molecule has 2 atom stereocenters. The molecule has 0 saturated carbocycles. The van der Waals surface area contributed by atoms with Crippen molar-refractivity contribution in [2.75, 3.05) is 0 Å². The van der Waals surface area contributed by atoms with Crippen LogP contribution in [-0.4, -0.2) is 32.8 Å². The second-order valence-corrected chi connectivity index (χ2v) is 6.13. The molecule has 2 heterocycles. The first-order valence-corrected chi connectivity index (χ1v) is 8.21. The highest BCUT2D eigenvalue weighted by molar-refractivity contribution is 5.91. The summed E-state index contributed by atoms with van der Waals surface area (Å²) in [7, 11) is 0. The van der Waals surface area contributed by atoms with Gasteiger partial charge in [0, 0.05) is 18.3 Å². The van der Waals surface area contributed by atoms with Crippen LogP contribution in [0.25, 0.3) is 0 Å². The summed E-state index contributed by atoms with van der Waals surface area (Å²) in [5, 5.41) is 6.53. The first kappa shape index (κ1) is 16.0. The zero-order valence-electron chi connectivity index (χ0n) is 13.7. The summed E-state index contributed by atoms with van der Waals surface area (Å²) < 4.78 is 1.91. The maximum absolute atomic E-state index is 12.4. The van der Waals surface area contributed by atoms with Gasteiger partial charge in [0.2, 0.25) is 0 Å². The lowest BCUT2D eigenvalue weighted by Crippen LogP contribution is -2.54. The number of amides is 1. The molecule has 0 radical (unpaired) electrons. The van der Waals surface area contributed by atoms with Crippen LogP contribution in [0.5, 0.6) is 0 Å². The number of carbonyl (C=O) groups excluding carboxylic acids is 1. The fourth-order valence-electron chi connectivity index (χ4n) is 3.14. The molecule has 21 heavy (non-hydrogen) atoms. The largest absolute Gasteiger partial charge is 0.286 e. The second kappa shape index (κ2) is 7.07. The highest BCUT2D eigenvalue weighted by Gasteiger charge is 2.27. The quantitative estimate of drug-likeness (QED) is 0.907. The second-order valence-electron chi connectivity index (χ2n) is 6.13. The molecular formula is C16H28N4O. The van der Waals surface area contributed by atoms with Gasteiger partial charge < -0.3 is 0 Å². The molecule has 1 aromatic heterocycles. The minimum atomic E-state index is -0.0969. The lowest BCUT2D eigenvalue weighted by atomic mass is 10.00. The van der Waals surface area contributed by atoms with Gasteiger partial charge in [0.05, 0.1) is 6.04 Å². The van der Waals surface area contributed by atoms with E-state index in [0.29, 0.717) is 23.8 Å². The number of carbonyl (C=O) groups is 1. The van der Waals surface area contributed by atoms with E-state index in [2.05, 4.69) is 43.2 Å². The molecule has 0 aromatic carbocycles. The predicted molar refractivity (Wildman–Crippen MR) is 83.9 cm³/mol. The summed E-state index contributed by atoms with van der Waals surface area (Å²) in [5.74, 6) is -0.0969. The lowest BCUT2D eigenvalue weighted by Gasteiger charge is -2.38. The minimum absolute atomic E-state index is 0.0969. The van der Waals surface area contributed by atoms with E-state index in [9.17, 15) is 4.79 Å². The van der Waals surface area contributed by atoms with Crippen molar-refractivity contribution in [2.45, 2.75) is 77.9 Å². The number of nitrogens with one attached hydrogen (secondary N) is 1. The minimum Gasteiger partial charge on any atom is -0.283 e. The van der Waals surface area contributed by atoms with E-state index < -0.39 is 0 Å². The number of hydrazine groups is 1. The number of nitrogens with zero attached hydrogens (tertiary/aromatic N) is 3. The summed E-state index contributed by atoms with van der Waals surface area (Å²) in [6.45, 7) is 8.62. The molecule has 2 unspecified atom stereocenters. The average molecular weight is 292 g/mol. The van der Waals surface area contributed by atoms with Gasteiger partial charge in [0.25, 0.3) is 5.91 Å². The third-order valence-electron chi connectivity index (χ3n) is 4.58. The molecule has 2 rings (SSSR count). The Kier molecular flexibility index (Phi) is 5.39. The molecular weight excluding hydrogens is 264 g/mol. The molecule has 1 N–H and O–H groups in total. The molecule has 1 aliphatic rings. The molecule has 118 valence electrons. The van der Waals surface area contributed by atoms with E-state index >= 15 is 0 Å². The van der Waals surface area contributed by atoms with Gasteiger partial charge in [-0.15, -0.1) is 0 Å². The topological polar surface area (TPSA) is 50.2 Å². The number of aromatic nitrogens is 2. The van der Waals surface area contributed by atoms with Crippen LogP contribution < -0.4 is 5.43 Å². The van der Waals surface area contributed by atoms with Crippen LogP contribution in [0, 0.1) is 0 Å². The Morgan fingerprint density at radius 2 is 1.95 bits per heavy atom. The molecule has 1 amide bonds. The van der Waals surface area contributed by atoms with E-state index in [1.54, 1.807) is 0 Å². The predicted octanol–water partition coefficient (Wildman–Crippen LogP) is 3.15. The smallest absolute Gasteiger partial charge is 0.283 e. The van der Waals surface area contributed by atoms with Crippen molar-refractivity contribution in [3.05, 3.63) is 18.0 Å². The van der Waals surface area contributed by atoms with Crippen molar-refractivity contribution < 1.29 is 4.79 Å². The van der Waals surface area contributed by atoms with Crippen LogP contribution in [0.4, 0.5) is 0 Å². The van der Waals surface area contributed by atoms with Crippen molar-refractivity contribution in [1.82, 2.24) is 20.2 Å². The molecule has 1 saturated heterocycles. The standard InChI is InChI=1S/C16H28N4O/c1-5-14(6-2)19-11-10-15(17-19)16(21)18-20-12(3)8-7-9-13(20)4/h10-14H,5-9H2,1-4H3,(H,18,21). The van der Waals surface area contributed by atoms with Crippen LogP contribution in [-0.2, 0) is 0 Å². The maximum atomic E-state index is 12.4. The van der Waals surface area contributed by atoms with Crippen LogP contribution in [0.3, 0.4) is 0 Å². The molecule has 0 bridgehead atoms. The van der Waals surface area contributed by atoms with Gasteiger partial charge in [0.15, 0.2) is 5.69 Å². The number of hydrogen-bond donors (Lipinski definition) is 1. The van der Waals surface area contributed by atoms with E-state index in [0.717, 1.165) is 25.7 Å². The summed E-state index contributed by atoms with van der Waals surface area (Å²) in [4.78, 5) is 12.4. The van der Waals surface area contributed by atoms with Crippen molar-refractivity contribution in [2.24, 2.45) is 0 Å². The zero-order chi connectivity index (χ0) is 15.4. The van der Waals surface area contributed by atoms with Crippen LogP contribution in [0.2, 0.25) is 0 Å². The van der Waals surface area contributed by atoms with Crippen LogP contribution in [0.15, 0.2) is 12.3 Å². The van der Waals surface area contributed by atoms with E-state index in [-0.39, 0.29) is 5.91 Å². The number of piperidine rings is 1. The molecule has 5 nitrogen and oxygen atoms in total. The van der Waals surface area contributed by atoms with Crippen molar-refractivity contribution >= 4 is 5.91 Å². The molecule has 0 aliphatic carbocycles. The molecule has 1 aliphatic heterocycles. The monoisotopic (exact) mass is 292 g/mol. The SMILES string of the molecule is CCC(CC)n1ccc(C(=O)NN2C(C)CCCC2C)n1. The Balaban J connectivity index is 2.03. The van der Waals surface area contributed by atoms with Gasteiger partial charge in [0.1, 0.15) is 0 Å². The van der Waals surface area contributed by atoms with E-state index in [1.807, 2.05) is 16.9 Å². The molecule has 0 spiro atoms. The van der Waals surface area contributed by atoms with Crippen molar-refractivity contribution in [3.8, 4) is 0 Å². The van der Waals surface area contributed by atoms with Gasteiger partial charge in [-0.25, -0.2) is 5.01 Å². The first-order chi connectivity index (χ1) is 10.1. The van der Waals surface area contributed by atoms with E-state index in [4.69, 9.17) is 0 Å². The summed E-state index contributed by atoms with van der Waals surface area (Å²) in [6.07, 6.45) is 7.46. The van der Waals surface area contributed by atoms with Gasteiger partial charge in [-0.05, 0) is 45.6 Å².